The molecule has 0 aromatic heterocycles. The molecule has 1 atom stereocenters. The van der Waals surface area contributed by atoms with E-state index >= 15 is 0 Å². The van der Waals surface area contributed by atoms with Gasteiger partial charge in [0.2, 0.25) is 5.91 Å². The standard InChI is InChI=1S/C11H14ClNO/c1-9(13(2)11(14)8-12)10-6-4-3-5-7-10/h3-7,9H,8H2,1-2H3. The van der Waals surface area contributed by atoms with Gasteiger partial charge in [-0.25, -0.2) is 0 Å². The molecule has 0 aliphatic rings. The minimum absolute atomic E-state index is 0.0354. The molecule has 0 bridgehead atoms. The fraction of sp³-hybridized carbons (Fsp3) is 0.364. The summed E-state index contributed by atoms with van der Waals surface area (Å²) in [6, 6.07) is 9.96. The maximum Gasteiger partial charge on any atom is 0.237 e. The van der Waals surface area contributed by atoms with Crippen LogP contribution in [0, 0.1) is 0 Å². The number of rotatable bonds is 3. The first-order chi connectivity index (χ1) is 6.66. The van der Waals surface area contributed by atoms with Crippen molar-refractivity contribution in [3.63, 3.8) is 0 Å². The van der Waals surface area contributed by atoms with Gasteiger partial charge in [0, 0.05) is 7.05 Å². The summed E-state index contributed by atoms with van der Waals surface area (Å²) in [5, 5.41) is 0. The van der Waals surface area contributed by atoms with Crippen molar-refractivity contribution in [2.75, 3.05) is 12.9 Å². The quantitative estimate of drug-likeness (QED) is 0.704. The van der Waals surface area contributed by atoms with Gasteiger partial charge in [-0.05, 0) is 12.5 Å². The second kappa shape index (κ2) is 5.01. The van der Waals surface area contributed by atoms with Gasteiger partial charge in [0.1, 0.15) is 5.88 Å². The first-order valence-electron chi connectivity index (χ1n) is 4.53. The Morgan fingerprint density at radius 1 is 1.43 bits per heavy atom. The number of amides is 1. The molecule has 0 heterocycles. The molecule has 1 amide bonds. The number of hydrogen-bond acceptors (Lipinski definition) is 1. The second-order valence-electron chi connectivity index (χ2n) is 3.22. The van der Waals surface area contributed by atoms with Crippen LogP contribution in [0.3, 0.4) is 0 Å². The summed E-state index contributed by atoms with van der Waals surface area (Å²) in [5.74, 6) is -0.0174. The number of benzene rings is 1. The highest BCUT2D eigenvalue weighted by molar-refractivity contribution is 6.27. The summed E-state index contributed by atoms with van der Waals surface area (Å²) < 4.78 is 0. The van der Waals surface area contributed by atoms with Crippen molar-refractivity contribution in [2.45, 2.75) is 13.0 Å². The first kappa shape index (κ1) is 11.1. The van der Waals surface area contributed by atoms with Gasteiger partial charge in [-0.2, -0.15) is 0 Å². The maximum atomic E-state index is 11.3. The van der Waals surface area contributed by atoms with Gasteiger partial charge in [-0.3, -0.25) is 4.79 Å². The molecule has 0 N–H and O–H groups in total. The molecule has 0 fully saturated rings. The van der Waals surface area contributed by atoms with Gasteiger partial charge in [-0.15, -0.1) is 11.6 Å². The topological polar surface area (TPSA) is 20.3 Å². The van der Waals surface area contributed by atoms with Crippen molar-refractivity contribution in [3.05, 3.63) is 35.9 Å². The zero-order chi connectivity index (χ0) is 10.6. The molecule has 1 aromatic carbocycles. The highest BCUT2D eigenvalue weighted by Crippen LogP contribution is 2.18. The van der Waals surface area contributed by atoms with Gasteiger partial charge >= 0.3 is 0 Å². The average Bonchev–Trinajstić information content (AvgIpc) is 2.27. The summed E-state index contributed by atoms with van der Waals surface area (Å²) in [6.45, 7) is 1.99. The van der Waals surface area contributed by atoms with Gasteiger partial charge in [0.15, 0.2) is 0 Å². The van der Waals surface area contributed by atoms with Gasteiger partial charge in [0.05, 0.1) is 6.04 Å². The number of alkyl halides is 1. The van der Waals surface area contributed by atoms with Crippen LogP contribution in [0.25, 0.3) is 0 Å². The molecule has 76 valence electrons. The molecule has 0 saturated heterocycles. The summed E-state index contributed by atoms with van der Waals surface area (Å²) in [5.41, 5.74) is 1.12. The Morgan fingerprint density at radius 3 is 2.50 bits per heavy atom. The van der Waals surface area contributed by atoms with E-state index in [2.05, 4.69) is 0 Å². The van der Waals surface area contributed by atoms with Crippen LogP contribution < -0.4 is 0 Å². The molecular weight excluding hydrogens is 198 g/mol. The molecule has 3 heteroatoms. The molecule has 1 unspecified atom stereocenters. The lowest BCUT2D eigenvalue weighted by Crippen LogP contribution is -2.30. The Hall–Kier alpha value is -1.02. The lowest BCUT2D eigenvalue weighted by atomic mass is 10.1. The molecule has 0 radical (unpaired) electrons. The molecule has 0 saturated carbocycles. The van der Waals surface area contributed by atoms with Crippen LogP contribution in [0.15, 0.2) is 30.3 Å². The Bertz CT molecular complexity index is 299. The Morgan fingerprint density at radius 2 is 2.00 bits per heavy atom. The fourth-order valence-corrected chi connectivity index (χ4v) is 1.45. The van der Waals surface area contributed by atoms with E-state index in [0.717, 1.165) is 5.56 Å². The zero-order valence-electron chi connectivity index (χ0n) is 8.40. The molecule has 0 spiro atoms. The third-order valence-electron chi connectivity index (χ3n) is 2.37. The van der Waals surface area contributed by atoms with E-state index in [9.17, 15) is 4.79 Å². The van der Waals surface area contributed by atoms with Crippen LogP contribution in [0.2, 0.25) is 0 Å². The highest BCUT2D eigenvalue weighted by atomic mass is 35.5. The van der Waals surface area contributed by atoms with E-state index in [4.69, 9.17) is 11.6 Å². The van der Waals surface area contributed by atoms with Crippen molar-refractivity contribution >= 4 is 17.5 Å². The maximum absolute atomic E-state index is 11.3. The molecular formula is C11H14ClNO. The van der Waals surface area contributed by atoms with E-state index in [1.54, 1.807) is 11.9 Å². The van der Waals surface area contributed by atoms with Gasteiger partial charge < -0.3 is 4.90 Å². The van der Waals surface area contributed by atoms with Crippen molar-refractivity contribution in [1.82, 2.24) is 4.90 Å². The molecule has 1 rings (SSSR count). The summed E-state index contributed by atoms with van der Waals surface area (Å²) in [6.07, 6.45) is 0. The van der Waals surface area contributed by atoms with Crippen molar-refractivity contribution in [1.29, 1.82) is 0 Å². The molecule has 14 heavy (non-hydrogen) atoms. The Kier molecular flexibility index (Phi) is 3.96. The highest BCUT2D eigenvalue weighted by Gasteiger charge is 2.15. The predicted octanol–water partition coefficient (Wildman–Crippen LogP) is 2.44. The van der Waals surface area contributed by atoms with Crippen molar-refractivity contribution in [3.8, 4) is 0 Å². The van der Waals surface area contributed by atoms with Crippen LogP contribution >= 0.6 is 11.6 Å². The largest absolute Gasteiger partial charge is 0.338 e. The van der Waals surface area contributed by atoms with E-state index < -0.39 is 0 Å². The number of hydrogen-bond donors (Lipinski definition) is 0. The van der Waals surface area contributed by atoms with E-state index in [0.29, 0.717) is 0 Å². The number of nitrogens with zero attached hydrogens (tertiary/aromatic N) is 1. The van der Waals surface area contributed by atoms with E-state index in [1.165, 1.54) is 0 Å². The second-order valence-corrected chi connectivity index (χ2v) is 3.49. The Balaban J connectivity index is 2.75. The molecule has 0 aliphatic carbocycles. The van der Waals surface area contributed by atoms with E-state index in [-0.39, 0.29) is 17.8 Å². The number of carbonyl (C=O) groups excluding carboxylic acids is 1. The van der Waals surface area contributed by atoms with Crippen molar-refractivity contribution < 1.29 is 4.79 Å². The molecule has 0 aliphatic heterocycles. The summed E-state index contributed by atoms with van der Waals surface area (Å²) in [4.78, 5) is 13.0. The molecule has 1 aromatic rings. The van der Waals surface area contributed by atoms with Gasteiger partial charge in [-0.1, -0.05) is 30.3 Å². The number of carbonyl (C=O) groups is 1. The third-order valence-corrected chi connectivity index (χ3v) is 2.60. The number of halogens is 1. The molecule has 2 nitrogen and oxygen atoms in total. The zero-order valence-corrected chi connectivity index (χ0v) is 9.16. The SMILES string of the molecule is CC(c1ccccc1)N(C)C(=O)CCl. The normalized spacial score (nSPS) is 12.2. The van der Waals surface area contributed by atoms with E-state index in [1.807, 2.05) is 37.3 Å². The smallest absolute Gasteiger partial charge is 0.237 e. The minimum Gasteiger partial charge on any atom is -0.338 e. The van der Waals surface area contributed by atoms with Gasteiger partial charge in [0.25, 0.3) is 0 Å². The minimum atomic E-state index is -0.0528. The van der Waals surface area contributed by atoms with Crippen LogP contribution in [-0.4, -0.2) is 23.7 Å². The summed E-state index contributed by atoms with van der Waals surface area (Å²) in [7, 11) is 1.77. The third kappa shape index (κ3) is 2.48. The predicted molar refractivity (Wildman–Crippen MR) is 58.3 cm³/mol. The van der Waals surface area contributed by atoms with Crippen molar-refractivity contribution in [2.24, 2.45) is 0 Å². The Labute approximate surface area is 89.5 Å². The first-order valence-corrected chi connectivity index (χ1v) is 5.07. The van der Waals surface area contributed by atoms with Crippen LogP contribution in [0.1, 0.15) is 18.5 Å². The lowest BCUT2D eigenvalue weighted by molar-refractivity contribution is -0.129. The van der Waals surface area contributed by atoms with Crippen LogP contribution in [-0.2, 0) is 4.79 Å². The summed E-state index contributed by atoms with van der Waals surface area (Å²) >= 11 is 5.49. The fourth-order valence-electron chi connectivity index (χ4n) is 1.27. The van der Waals surface area contributed by atoms with Crippen LogP contribution in [0.5, 0.6) is 0 Å². The monoisotopic (exact) mass is 211 g/mol. The lowest BCUT2D eigenvalue weighted by Gasteiger charge is -2.24. The average molecular weight is 212 g/mol. The van der Waals surface area contributed by atoms with Crippen LogP contribution in [0.4, 0.5) is 0 Å².